The van der Waals surface area contributed by atoms with E-state index in [1.165, 1.54) is 18.6 Å². The summed E-state index contributed by atoms with van der Waals surface area (Å²) in [4.78, 5) is 16.7. The Hall–Kier alpha value is -1.46. The van der Waals surface area contributed by atoms with Gasteiger partial charge in [-0.3, -0.25) is 9.69 Å². The Morgan fingerprint density at radius 1 is 1.00 bits per heavy atom. The van der Waals surface area contributed by atoms with Crippen LogP contribution in [0.25, 0.3) is 0 Å². The highest BCUT2D eigenvalue weighted by molar-refractivity contribution is 5.94. The summed E-state index contributed by atoms with van der Waals surface area (Å²) < 4.78 is 13.0. The summed E-state index contributed by atoms with van der Waals surface area (Å²) in [6, 6.07) is 5.99. The van der Waals surface area contributed by atoms with Crippen molar-refractivity contribution in [2.45, 2.75) is 44.2 Å². The lowest BCUT2D eigenvalue weighted by molar-refractivity contribution is 0.0216. The summed E-state index contributed by atoms with van der Waals surface area (Å²) in [6.45, 7) is 3.11. The van der Waals surface area contributed by atoms with Crippen molar-refractivity contribution in [2.75, 3.05) is 26.2 Å². The van der Waals surface area contributed by atoms with Gasteiger partial charge >= 0.3 is 0 Å². The molecule has 2 unspecified atom stereocenters. The van der Waals surface area contributed by atoms with Crippen molar-refractivity contribution in [3.63, 3.8) is 0 Å². The third kappa shape index (κ3) is 3.90. The number of carbonyl (C=O) groups excluding carboxylic acids is 1. The first kappa shape index (κ1) is 16.4. The molecule has 0 aromatic heterocycles. The van der Waals surface area contributed by atoms with Gasteiger partial charge in [-0.25, -0.2) is 4.39 Å². The van der Waals surface area contributed by atoms with Crippen LogP contribution in [0.15, 0.2) is 24.3 Å². The molecular weight excluding hydrogens is 295 g/mol. The number of aliphatic hydroxyl groups excluding tert-OH is 1. The largest absolute Gasteiger partial charge is 0.391 e. The number of hydrogen-bond donors (Lipinski definition) is 1. The average Bonchev–Trinajstić information content (AvgIpc) is 2.81. The lowest BCUT2D eigenvalue weighted by Crippen LogP contribution is -2.47. The molecule has 3 rings (SSSR count). The number of benzene rings is 1. The Balaban J connectivity index is 1.61. The van der Waals surface area contributed by atoms with E-state index in [2.05, 4.69) is 4.90 Å². The van der Waals surface area contributed by atoms with E-state index < -0.39 is 0 Å². The number of nitrogens with zero attached hydrogens (tertiary/aromatic N) is 2. The van der Waals surface area contributed by atoms with Gasteiger partial charge in [0.25, 0.3) is 5.91 Å². The monoisotopic (exact) mass is 320 g/mol. The van der Waals surface area contributed by atoms with Crippen molar-refractivity contribution >= 4 is 5.91 Å². The van der Waals surface area contributed by atoms with Crippen molar-refractivity contribution in [2.24, 2.45) is 0 Å². The van der Waals surface area contributed by atoms with Crippen molar-refractivity contribution in [1.29, 1.82) is 0 Å². The van der Waals surface area contributed by atoms with Gasteiger partial charge in [-0.2, -0.15) is 0 Å². The molecule has 2 aliphatic rings. The second-order valence-corrected chi connectivity index (χ2v) is 6.61. The second kappa shape index (κ2) is 7.41. The van der Waals surface area contributed by atoms with Gasteiger partial charge in [-0.1, -0.05) is 12.8 Å². The first-order chi connectivity index (χ1) is 11.1. The minimum Gasteiger partial charge on any atom is -0.391 e. The summed E-state index contributed by atoms with van der Waals surface area (Å²) >= 11 is 0. The van der Waals surface area contributed by atoms with Crippen LogP contribution in [0.5, 0.6) is 0 Å². The third-order valence-electron chi connectivity index (χ3n) is 5.07. The Kier molecular flexibility index (Phi) is 5.28. The molecule has 23 heavy (non-hydrogen) atoms. The van der Waals surface area contributed by atoms with Crippen LogP contribution in [-0.2, 0) is 0 Å². The molecule has 126 valence electrons. The van der Waals surface area contributed by atoms with Crippen LogP contribution in [0.4, 0.5) is 4.39 Å². The predicted molar refractivity (Wildman–Crippen MR) is 86.8 cm³/mol. The fraction of sp³-hybridized carbons (Fsp3) is 0.611. The van der Waals surface area contributed by atoms with Crippen LogP contribution in [0, 0.1) is 5.82 Å². The molecule has 2 fully saturated rings. The molecule has 1 aromatic carbocycles. The second-order valence-electron chi connectivity index (χ2n) is 6.61. The highest BCUT2D eigenvalue weighted by atomic mass is 19.1. The summed E-state index contributed by atoms with van der Waals surface area (Å²) in [7, 11) is 0. The van der Waals surface area contributed by atoms with E-state index in [9.17, 15) is 14.3 Å². The molecule has 0 spiro atoms. The zero-order valence-electron chi connectivity index (χ0n) is 13.5. The van der Waals surface area contributed by atoms with E-state index in [-0.39, 0.29) is 23.9 Å². The van der Waals surface area contributed by atoms with E-state index >= 15 is 0 Å². The topological polar surface area (TPSA) is 43.8 Å². The number of rotatable bonds is 2. The van der Waals surface area contributed by atoms with Gasteiger partial charge < -0.3 is 10.0 Å². The van der Waals surface area contributed by atoms with E-state index in [1.54, 1.807) is 12.1 Å². The van der Waals surface area contributed by atoms with E-state index in [4.69, 9.17) is 0 Å². The maximum absolute atomic E-state index is 13.0. The summed E-state index contributed by atoms with van der Waals surface area (Å²) in [5, 5.41) is 10.2. The van der Waals surface area contributed by atoms with Gasteiger partial charge in [0.1, 0.15) is 5.82 Å². The smallest absolute Gasteiger partial charge is 0.253 e. The third-order valence-corrected chi connectivity index (χ3v) is 5.07. The molecule has 1 saturated heterocycles. The Labute approximate surface area is 136 Å². The molecule has 0 radical (unpaired) electrons. The summed E-state index contributed by atoms with van der Waals surface area (Å²) in [5.41, 5.74) is 0.539. The zero-order chi connectivity index (χ0) is 16.2. The number of carbonyl (C=O) groups is 1. The van der Waals surface area contributed by atoms with Gasteiger partial charge in [-0.05, 0) is 43.5 Å². The number of hydrogen-bond acceptors (Lipinski definition) is 3. The van der Waals surface area contributed by atoms with Crippen molar-refractivity contribution < 1.29 is 14.3 Å². The van der Waals surface area contributed by atoms with E-state index in [0.717, 1.165) is 45.3 Å². The first-order valence-corrected chi connectivity index (χ1v) is 8.62. The number of halogens is 1. The summed E-state index contributed by atoms with van der Waals surface area (Å²) in [6.07, 6.45) is 4.91. The number of amides is 1. The van der Waals surface area contributed by atoms with E-state index in [1.807, 2.05) is 4.90 Å². The standard InChI is InChI=1S/C18H25FN2O2/c19-15-8-6-14(7-9-15)18(23)21-11-3-10-20(12-13-21)16-4-1-2-5-17(16)22/h6-9,16-17,22H,1-5,10-13H2. The van der Waals surface area contributed by atoms with E-state index in [0.29, 0.717) is 12.1 Å². The molecule has 1 heterocycles. The molecule has 1 amide bonds. The predicted octanol–water partition coefficient (Wildman–Crippen LogP) is 2.28. The van der Waals surface area contributed by atoms with Crippen molar-refractivity contribution in [3.8, 4) is 0 Å². The van der Waals surface area contributed by atoms with Gasteiger partial charge in [0.15, 0.2) is 0 Å². The molecule has 1 aliphatic heterocycles. The van der Waals surface area contributed by atoms with Crippen LogP contribution in [0.3, 0.4) is 0 Å². The van der Waals surface area contributed by atoms with Gasteiger partial charge in [-0.15, -0.1) is 0 Å². The molecule has 1 aliphatic carbocycles. The van der Waals surface area contributed by atoms with Crippen LogP contribution >= 0.6 is 0 Å². The average molecular weight is 320 g/mol. The van der Waals surface area contributed by atoms with Gasteiger partial charge in [0, 0.05) is 37.8 Å². The van der Waals surface area contributed by atoms with Crippen LogP contribution < -0.4 is 0 Å². The number of aliphatic hydroxyl groups is 1. The van der Waals surface area contributed by atoms with Crippen LogP contribution in [-0.4, -0.2) is 59.1 Å². The zero-order valence-corrected chi connectivity index (χ0v) is 13.5. The van der Waals surface area contributed by atoms with Gasteiger partial charge in [0.05, 0.1) is 6.10 Å². The highest BCUT2D eigenvalue weighted by Gasteiger charge is 2.30. The molecule has 1 saturated carbocycles. The normalized spacial score (nSPS) is 26.8. The van der Waals surface area contributed by atoms with Crippen molar-refractivity contribution in [1.82, 2.24) is 9.80 Å². The fourth-order valence-corrected chi connectivity index (χ4v) is 3.76. The Morgan fingerprint density at radius 3 is 2.48 bits per heavy atom. The molecule has 4 nitrogen and oxygen atoms in total. The minimum absolute atomic E-state index is 0.0314. The Bertz CT molecular complexity index is 534. The molecule has 5 heteroatoms. The van der Waals surface area contributed by atoms with Crippen molar-refractivity contribution in [3.05, 3.63) is 35.6 Å². The molecule has 2 atom stereocenters. The first-order valence-electron chi connectivity index (χ1n) is 8.62. The molecule has 1 aromatic rings. The summed E-state index contributed by atoms with van der Waals surface area (Å²) in [5.74, 6) is -0.356. The SMILES string of the molecule is O=C(c1ccc(F)cc1)N1CCCN(C2CCCCC2O)CC1. The molecule has 0 bridgehead atoms. The maximum Gasteiger partial charge on any atom is 0.253 e. The Morgan fingerprint density at radius 2 is 1.74 bits per heavy atom. The maximum atomic E-state index is 13.0. The fourth-order valence-electron chi connectivity index (χ4n) is 3.76. The highest BCUT2D eigenvalue weighted by Crippen LogP contribution is 2.24. The quantitative estimate of drug-likeness (QED) is 0.909. The minimum atomic E-state index is -0.324. The molecule has 1 N–H and O–H groups in total. The lowest BCUT2D eigenvalue weighted by Gasteiger charge is -2.37. The molecular formula is C18H25FN2O2. The van der Waals surface area contributed by atoms with Crippen LogP contribution in [0.2, 0.25) is 0 Å². The van der Waals surface area contributed by atoms with Crippen LogP contribution in [0.1, 0.15) is 42.5 Å². The van der Waals surface area contributed by atoms with Gasteiger partial charge in [0.2, 0.25) is 0 Å². The lowest BCUT2D eigenvalue weighted by atomic mass is 9.91.